The number of imide groups is 2. The van der Waals surface area contributed by atoms with Crippen molar-refractivity contribution in [1.29, 1.82) is 0 Å². The molecule has 0 bridgehead atoms. The molecule has 1 aliphatic rings. The lowest BCUT2D eigenvalue weighted by atomic mass is 10.1. The van der Waals surface area contributed by atoms with Gasteiger partial charge in [0.25, 0.3) is 11.8 Å². The molecule has 0 atom stereocenters. The van der Waals surface area contributed by atoms with Crippen molar-refractivity contribution in [1.82, 2.24) is 10.2 Å². The standard InChI is InChI=1S/C19H22N2O6/c1-2-3-4-7-10-21-18(25)14(17(24)20-19(21)26)11-13-8-5-6-9-15(13)27-12-16(22)23/h5-6,8-9,11H,2-4,7,10,12H2,1H3,(H,22,23)(H,20,24,26). The number of urea groups is 1. The lowest BCUT2D eigenvalue weighted by molar-refractivity contribution is -0.139. The Kier molecular flexibility index (Phi) is 7.10. The zero-order valence-electron chi connectivity index (χ0n) is 15.1. The number of rotatable bonds is 9. The number of amides is 4. The molecule has 2 N–H and O–H groups in total. The van der Waals surface area contributed by atoms with Crippen LogP contribution in [0.15, 0.2) is 29.8 Å². The summed E-state index contributed by atoms with van der Waals surface area (Å²) >= 11 is 0. The topological polar surface area (TPSA) is 113 Å². The van der Waals surface area contributed by atoms with E-state index in [1.807, 2.05) is 0 Å². The van der Waals surface area contributed by atoms with Gasteiger partial charge in [-0.1, -0.05) is 44.4 Å². The van der Waals surface area contributed by atoms with Gasteiger partial charge in [-0.3, -0.25) is 19.8 Å². The molecule has 0 saturated carbocycles. The minimum atomic E-state index is -1.15. The minimum absolute atomic E-state index is 0.198. The first-order chi connectivity index (χ1) is 12.9. The molecule has 1 heterocycles. The quantitative estimate of drug-likeness (QED) is 0.389. The fourth-order valence-corrected chi connectivity index (χ4v) is 2.62. The van der Waals surface area contributed by atoms with E-state index in [2.05, 4.69) is 12.2 Å². The van der Waals surface area contributed by atoms with Gasteiger partial charge in [0.1, 0.15) is 11.3 Å². The maximum atomic E-state index is 12.6. The molecule has 8 nitrogen and oxygen atoms in total. The Morgan fingerprint density at radius 3 is 2.63 bits per heavy atom. The molecule has 0 radical (unpaired) electrons. The Labute approximate surface area is 156 Å². The first kappa shape index (κ1) is 20.2. The van der Waals surface area contributed by atoms with Crippen molar-refractivity contribution in [3.05, 3.63) is 35.4 Å². The molecule has 1 aromatic carbocycles. The molecule has 2 rings (SSSR count). The molecule has 0 aliphatic carbocycles. The number of hydrogen-bond donors (Lipinski definition) is 2. The fraction of sp³-hybridized carbons (Fsp3) is 0.368. The Bertz CT molecular complexity index is 771. The number of carbonyl (C=O) groups is 4. The average molecular weight is 374 g/mol. The predicted octanol–water partition coefficient (Wildman–Crippen LogP) is 2.19. The zero-order chi connectivity index (χ0) is 19.8. The van der Waals surface area contributed by atoms with Crippen molar-refractivity contribution in [3.8, 4) is 5.75 Å². The molecule has 4 amide bonds. The van der Waals surface area contributed by atoms with Crippen LogP contribution in [0.5, 0.6) is 5.75 Å². The van der Waals surface area contributed by atoms with Crippen LogP contribution < -0.4 is 10.1 Å². The van der Waals surface area contributed by atoms with Gasteiger partial charge in [0.2, 0.25) is 0 Å². The second-order valence-corrected chi connectivity index (χ2v) is 6.05. The van der Waals surface area contributed by atoms with Crippen LogP contribution in [-0.2, 0) is 14.4 Å². The molecule has 1 aromatic rings. The minimum Gasteiger partial charge on any atom is -0.481 e. The lowest BCUT2D eigenvalue weighted by Gasteiger charge is -2.26. The summed E-state index contributed by atoms with van der Waals surface area (Å²) in [6, 6.07) is 5.71. The van der Waals surface area contributed by atoms with Crippen LogP contribution >= 0.6 is 0 Å². The van der Waals surface area contributed by atoms with Crippen molar-refractivity contribution >= 4 is 29.9 Å². The van der Waals surface area contributed by atoms with Gasteiger partial charge >= 0.3 is 12.0 Å². The number of carboxylic acid groups (broad SMARTS) is 1. The highest BCUT2D eigenvalue weighted by molar-refractivity contribution is 6.31. The number of unbranched alkanes of at least 4 members (excludes halogenated alkanes) is 3. The molecule has 1 aliphatic heterocycles. The predicted molar refractivity (Wildman–Crippen MR) is 96.9 cm³/mol. The molecule has 27 heavy (non-hydrogen) atoms. The SMILES string of the molecule is CCCCCCN1C(=O)NC(=O)C(=Cc2ccccc2OCC(=O)O)C1=O. The van der Waals surface area contributed by atoms with Crippen molar-refractivity contribution in [2.24, 2.45) is 0 Å². The molecule has 1 fully saturated rings. The van der Waals surface area contributed by atoms with Gasteiger partial charge in [-0.05, 0) is 18.6 Å². The third kappa shape index (κ3) is 5.40. The van der Waals surface area contributed by atoms with E-state index in [1.54, 1.807) is 18.2 Å². The van der Waals surface area contributed by atoms with Gasteiger partial charge in [-0.2, -0.15) is 0 Å². The van der Waals surface area contributed by atoms with Crippen LogP contribution in [-0.4, -0.2) is 47.0 Å². The summed E-state index contributed by atoms with van der Waals surface area (Å²) < 4.78 is 5.18. The van der Waals surface area contributed by atoms with Crippen molar-refractivity contribution in [3.63, 3.8) is 0 Å². The summed E-state index contributed by atoms with van der Waals surface area (Å²) in [4.78, 5) is 48.5. The highest BCUT2D eigenvalue weighted by atomic mass is 16.5. The van der Waals surface area contributed by atoms with E-state index < -0.39 is 30.4 Å². The second-order valence-electron chi connectivity index (χ2n) is 6.05. The van der Waals surface area contributed by atoms with Gasteiger partial charge in [-0.25, -0.2) is 9.59 Å². The summed E-state index contributed by atoms with van der Waals surface area (Å²) in [5, 5.41) is 10.9. The Morgan fingerprint density at radius 2 is 1.93 bits per heavy atom. The third-order valence-corrected chi connectivity index (χ3v) is 3.99. The van der Waals surface area contributed by atoms with E-state index in [0.29, 0.717) is 12.0 Å². The largest absolute Gasteiger partial charge is 0.481 e. The zero-order valence-corrected chi connectivity index (χ0v) is 15.1. The first-order valence-corrected chi connectivity index (χ1v) is 8.76. The van der Waals surface area contributed by atoms with Crippen LogP contribution in [0.25, 0.3) is 6.08 Å². The van der Waals surface area contributed by atoms with Gasteiger partial charge < -0.3 is 9.84 Å². The van der Waals surface area contributed by atoms with Crippen molar-refractivity contribution < 1.29 is 29.0 Å². The van der Waals surface area contributed by atoms with Crippen LogP contribution in [0.1, 0.15) is 38.2 Å². The Balaban J connectivity index is 2.22. The maximum Gasteiger partial charge on any atom is 0.341 e. The number of barbiturate groups is 1. The number of hydrogen-bond acceptors (Lipinski definition) is 5. The van der Waals surface area contributed by atoms with Gasteiger partial charge in [0.05, 0.1) is 0 Å². The van der Waals surface area contributed by atoms with E-state index in [4.69, 9.17) is 9.84 Å². The summed E-state index contributed by atoms with van der Waals surface area (Å²) in [5.74, 6) is -2.39. The number of para-hydroxylation sites is 1. The number of carbonyl (C=O) groups excluding carboxylic acids is 3. The number of ether oxygens (including phenoxy) is 1. The lowest BCUT2D eigenvalue weighted by Crippen LogP contribution is -2.54. The summed E-state index contributed by atoms with van der Waals surface area (Å²) in [5.41, 5.74) is 0.175. The van der Waals surface area contributed by atoms with Gasteiger partial charge in [-0.15, -0.1) is 0 Å². The Hall–Kier alpha value is -3.16. The number of nitrogens with one attached hydrogen (secondary N) is 1. The smallest absolute Gasteiger partial charge is 0.341 e. The second kappa shape index (κ2) is 9.51. The fourth-order valence-electron chi connectivity index (χ4n) is 2.62. The molecule has 0 unspecified atom stereocenters. The highest BCUT2D eigenvalue weighted by Crippen LogP contribution is 2.23. The van der Waals surface area contributed by atoms with E-state index in [0.717, 1.165) is 24.2 Å². The third-order valence-electron chi connectivity index (χ3n) is 3.99. The van der Waals surface area contributed by atoms with E-state index >= 15 is 0 Å². The van der Waals surface area contributed by atoms with Gasteiger partial charge in [0.15, 0.2) is 6.61 Å². The molecule has 8 heteroatoms. The van der Waals surface area contributed by atoms with Gasteiger partial charge in [0, 0.05) is 12.1 Å². The number of aliphatic carboxylic acids is 1. The molecule has 144 valence electrons. The van der Waals surface area contributed by atoms with Crippen molar-refractivity contribution in [2.75, 3.05) is 13.2 Å². The number of benzene rings is 1. The van der Waals surface area contributed by atoms with Crippen LogP contribution in [0, 0.1) is 0 Å². The van der Waals surface area contributed by atoms with E-state index in [-0.39, 0.29) is 17.9 Å². The van der Waals surface area contributed by atoms with Crippen LogP contribution in [0.2, 0.25) is 0 Å². The van der Waals surface area contributed by atoms with Crippen LogP contribution in [0.3, 0.4) is 0 Å². The molecular weight excluding hydrogens is 352 g/mol. The number of carboxylic acids is 1. The maximum absolute atomic E-state index is 12.6. The molecule has 0 spiro atoms. The molecule has 0 aromatic heterocycles. The number of nitrogens with zero attached hydrogens (tertiary/aromatic N) is 1. The highest BCUT2D eigenvalue weighted by Gasteiger charge is 2.35. The molecular formula is C19H22N2O6. The van der Waals surface area contributed by atoms with E-state index in [9.17, 15) is 19.2 Å². The van der Waals surface area contributed by atoms with Crippen LogP contribution in [0.4, 0.5) is 4.79 Å². The monoisotopic (exact) mass is 374 g/mol. The summed E-state index contributed by atoms with van der Waals surface area (Å²) in [6.45, 7) is 1.73. The summed E-state index contributed by atoms with van der Waals surface area (Å²) in [6.07, 6.45) is 4.87. The van der Waals surface area contributed by atoms with E-state index in [1.165, 1.54) is 12.1 Å². The summed E-state index contributed by atoms with van der Waals surface area (Å²) in [7, 11) is 0. The van der Waals surface area contributed by atoms with Crippen molar-refractivity contribution in [2.45, 2.75) is 32.6 Å². The molecule has 1 saturated heterocycles. The first-order valence-electron chi connectivity index (χ1n) is 8.76. The Morgan fingerprint density at radius 1 is 1.19 bits per heavy atom. The average Bonchev–Trinajstić information content (AvgIpc) is 2.63. The normalized spacial score (nSPS) is 15.8.